The van der Waals surface area contributed by atoms with Gasteiger partial charge in [0.05, 0.1) is 0 Å². The first-order chi connectivity index (χ1) is 12.2. The molecule has 0 aliphatic carbocycles. The summed E-state index contributed by atoms with van der Waals surface area (Å²) in [5, 5.41) is 13.4. The number of rotatable bonds is 8. The Bertz CT molecular complexity index is 620. The Hall–Kier alpha value is -1.75. The number of aliphatic hydroxyl groups excluding tert-OH is 1. The van der Waals surface area contributed by atoms with E-state index in [0.29, 0.717) is 12.1 Å². The van der Waals surface area contributed by atoms with Crippen LogP contribution in [0.5, 0.6) is 0 Å². The monoisotopic (exact) mass is 339 g/mol. The summed E-state index contributed by atoms with van der Waals surface area (Å²) in [7, 11) is 0. The van der Waals surface area contributed by atoms with Crippen molar-refractivity contribution in [1.29, 1.82) is 0 Å². The zero-order chi connectivity index (χ0) is 17.5. The van der Waals surface area contributed by atoms with Crippen molar-refractivity contribution < 1.29 is 5.11 Å². The van der Waals surface area contributed by atoms with Gasteiger partial charge in [0.15, 0.2) is 0 Å². The molecular weight excluding hydrogens is 310 g/mol. The Kier molecular flexibility index (Phi) is 6.56. The van der Waals surface area contributed by atoms with Crippen molar-refractivity contribution in [2.75, 3.05) is 19.7 Å². The first-order valence-corrected chi connectivity index (χ1v) is 9.26. The van der Waals surface area contributed by atoms with Gasteiger partial charge < -0.3 is 10.4 Å². The van der Waals surface area contributed by atoms with Crippen molar-refractivity contribution in [1.82, 2.24) is 15.2 Å². The van der Waals surface area contributed by atoms with Crippen LogP contribution in [0.1, 0.15) is 24.6 Å². The minimum atomic E-state index is 0.194. The number of likely N-dealkylation sites (tertiary alicyclic amines) is 1. The molecule has 2 aromatic rings. The van der Waals surface area contributed by atoms with Crippen molar-refractivity contribution in [3.8, 4) is 0 Å². The van der Waals surface area contributed by atoms with E-state index in [1.165, 1.54) is 5.56 Å². The van der Waals surface area contributed by atoms with Crippen LogP contribution in [0, 0.1) is 5.92 Å². The maximum atomic E-state index is 9.68. The lowest BCUT2D eigenvalue weighted by atomic mass is 10.0. The third-order valence-corrected chi connectivity index (χ3v) is 5.11. The van der Waals surface area contributed by atoms with Gasteiger partial charge in [-0.1, -0.05) is 36.4 Å². The topological polar surface area (TPSA) is 48.4 Å². The molecule has 0 saturated carbocycles. The molecule has 3 unspecified atom stereocenters. The molecule has 0 spiro atoms. The molecule has 0 bridgehead atoms. The van der Waals surface area contributed by atoms with E-state index < -0.39 is 0 Å². The van der Waals surface area contributed by atoms with Crippen molar-refractivity contribution in [3.05, 3.63) is 66.0 Å². The van der Waals surface area contributed by atoms with Gasteiger partial charge in [-0.3, -0.25) is 9.88 Å². The second kappa shape index (κ2) is 9.09. The predicted octanol–water partition coefficient (Wildman–Crippen LogP) is 2.49. The molecule has 1 saturated heterocycles. The Balaban J connectivity index is 1.46. The second-order valence-corrected chi connectivity index (χ2v) is 7.18. The smallest absolute Gasteiger partial charge is 0.0475 e. The third-order valence-electron chi connectivity index (χ3n) is 5.11. The number of benzene rings is 1. The van der Waals surface area contributed by atoms with Crippen LogP contribution < -0.4 is 5.32 Å². The Morgan fingerprint density at radius 1 is 1.20 bits per heavy atom. The fourth-order valence-electron chi connectivity index (χ4n) is 3.63. The van der Waals surface area contributed by atoms with Crippen LogP contribution >= 0.6 is 0 Å². The van der Waals surface area contributed by atoms with E-state index in [9.17, 15) is 5.11 Å². The molecule has 1 aromatic heterocycles. The van der Waals surface area contributed by atoms with Gasteiger partial charge in [-0.25, -0.2) is 0 Å². The summed E-state index contributed by atoms with van der Waals surface area (Å²) in [4.78, 5) is 6.91. The maximum absolute atomic E-state index is 9.68. The number of hydrogen-bond donors (Lipinski definition) is 2. The lowest BCUT2D eigenvalue weighted by Gasteiger charge is -2.21. The van der Waals surface area contributed by atoms with Crippen molar-refractivity contribution in [2.45, 2.75) is 38.4 Å². The molecule has 1 aliphatic rings. The van der Waals surface area contributed by atoms with Crippen LogP contribution in [-0.2, 0) is 13.0 Å². The summed E-state index contributed by atoms with van der Waals surface area (Å²) < 4.78 is 0. The van der Waals surface area contributed by atoms with Gasteiger partial charge in [0.1, 0.15) is 0 Å². The van der Waals surface area contributed by atoms with Crippen molar-refractivity contribution in [3.63, 3.8) is 0 Å². The zero-order valence-corrected chi connectivity index (χ0v) is 15.0. The quantitative estimate of drug-likeness (QED) is 0.776. The van der Waals surface area contributed by atoms with Gasteiger partial charge in [-0.2, -0.15) is 0 Å². The van der Waals surface area contributed by atoms with Crippen LogP contribution in [0.15, 0.2) is 54.7 Å². The highest BCUT2D eigenvalue weighted by atomic mass is 16.3. The van der Waals surface area contributed by atoms with Gasteiger partial charge >= 0.3 is 0 Å². The third kappa shape index (κ3) is 5.36. The molecule has 3 atom stereocenters. The van der Waals surface area contributed by atoms with E-state index >= 15 is 0 Å². The highest BCUT2D eigenvalue weighted by Crippen LogP contribution is 2.20. The lowest BCUT2D eigenvalue weighted by Crippen LogP contribution is -2.37. The Labute approximate surface area is 150 Å². The highest BCUT2D eigenvalue weighted by Gasteiger charge is 2.29. The summed E-state index contributed by atoms with van der Waals surface area (Å²) in [6.07, 6.45) is 3.80. The van der Waals surface area contributed by atoms with E-state index in [0.717, 1.165) is 38.2 Å². The fourth-order valence-corrected chi connectivity index (χ4v) is 3.63. The average molecular weight is 339 g/mol. The van der Waals surface area contributed by atoms with E-state index in [1.807, 2.05) is 24.4 Å². The number of pyridine rings is 1. The van der Waals surface area contributed by atoms with Crippen LogP contribution in [0.4, 0.5) is 0 Å². The molecule has 4 heteroatoms. The van der Waals surface area contributed by atoms with Gasteiger partial charge in [0.2, 0.25) is 0 Å². The number of aromatic nitrogens is 1. The Morgan fingerprint density at radius 3 is 2.72 bits per heavy atom. The highest BCUT2D eigenvalue weighted by molar-refractivity contribution is 5.15. The molecule has 0 radical (unpaired) electrons. The first-order valence-electron chi connectivity index (χ1n) is 9.26. The summed E-state index contributed by atoms with van der Waals surface area (Å²) in [6, 6.07) is 17.7. The van der Waals surface area contributed by atoms with Crippen LogP contribution in [0.25, 0.3) is 0 Å². The summed E-state index contributed by atoms with van der Waals surface area (Å²) >= 11 is 0. The molecule has 134 valence electrons. The lowest BCUT2D eigenvalue weighted by molar-refractivity contribution is 0.215. The molecule has 1 aliphatic heterocycles. The van der Waals surface area contributed by atoms with E-state index in [1.54, 1.807) is 0 Å². The number of nitrogens with zero attached hydrogens (tertiary/aromatic N) is 2. The predicted molar refractivity (Wildman–Crippen MR) is 101 cm³/mol. The summed E-state index contributed by atoms with van der Waals surface area (Å²) in [6.45, 7) is 5.42. The van der Waals surface area contributed by atoms with Crippen molar-refractivity contribution >= 4 is 0 Å². The molecule has 1 aromatic carbocycles. The maximum Gasteiger partial charge on any atom is 0.0475 e. The summed E-state index contributed by atoms with van der Waals surface area (Å²) in [5.41, 5.74) is 2.42. The van der Waals surface area contributed by atoms with Crippen LogP contribution in [-0.4, -0.2) is 46.8 Å². The molecule has 3 rings (SSSR count). The molecule has 25 heavy (non-hydrogen) atoms. The zero-order valence-electron chi connectivity index (χ0n) is 15.0. The first kappa shape index (κ1) is 18.1. The van der Waals surface area contributed by atoms with Crippen LogP contribution in [0.2, 0.25) is 0 Å². The molecule has 4 nitrogen and oxygen atoms in total. The largest absolute Gasteiger partial charge is 0.396 e. The molecule has 0 amide bonds. The second-order valence-electron chi connectivity index (χ2n) is 7.18. The summed E-state index contributed by atoms with van der Waals surface area (Å²) in [5.74, 6) is 0.216. The normalized spacial score (nSPS) is 22.2. The average Bonchev–Trinajstić information content (AvgIpc) is 3.00. The molecule has 2 heterocycles. The molecule has 1 fully saturated rings. The minimum Gasteiger partial charge on any atom is -0.396 e. The Morgan fingerprint density at radius 2 is 2.00 bits per heavy atom. The molecular formula is C21H29N3O. The van der Waals surface area contributed by atoms with E-state index in [4.69, 9.17) is 0 Å². The van der Waals surface area contributed by atoms with Crippen molar-refractivity contribution in [2.24, 2.45) is 5.92 Å². The van der Waals surface area contributed by atoms with Gasteiger partial charge in [-0.15, -0.1) is 0 Å². The van der Waals surface area contributed by atoms with E-state index in [2.05, 4.69) is 52.5 Å². The number of aliphatic hydroxyl groups is 1. The fraction of sp³-hybridized carbons (Fsp3) is 0.476. The van der Waals surface area contributed by atoms with Gasteiger partial charge in [-0.05, 0) is 43.4 Å². The standard InChI is InChI=1S/C21H29N3O/c1-17-11-21(15-24(17)14-18-7-3-2-4-8-18)23-13-19(16-25)12-20-9-5-6-10-22-20/h2-10,17,19,21,23,25H,11-16H2,1H3. The van der Waals surface area contributed by atoms with Gasteiger partial charge in [0.25, 0.3) is 0 Å². The van der Waals surface area contributed by atoms with Gasteiger partial charge in [0, 0.05) is 50.2 Å². The number of hydrogen-bond acceptors (Lipinski definition) is 4. The SMILES string of the molecule is CC1CC(NCC(CO)Cc2ccccn2)CN1Cc1ccccc1. The molecule has 2 N–H and O–H groups in total. The minimum absolute atomic E-state index is 0.194. The van der Waals surface area contributed by atoms with Crippen LogP contribution in [0.3, 0.4) is 0 Å². The van der Waals surface area contributed by atoms with E-state index in [-0.39, 0.29) is 12.5 Å². The number of nitrogens with one attached hydrogen (secondary N) is 1.